The normalized spacial score (nSPS) is 12.7. The summed E-state index contributed by atoms with van der Waals surface area (Å²) in [5.41, 5.74) is 1.11. The average Bonchev–Trinajstić information content (AvgIpc) is 2.32. The van der Waals surface area contributed by atoms with Gasteiger partial charge in [0.2, 0.25) is 0 Å². The van der Waals surface area contributed by atoms with E-state index in [-0.39, 0.29) is 15.5 Å². The number of rotatable bonds is 2. The van der Waals surface area contributed by atoms with Gasteiger partial charge in [-0.1, -0.05) is 29.3 Å². The van der Waals surface area contributed by atoms with Gasteiger partial charge < -0.3 is 0 Å². The van der Waals surface area contributed by atoms with Gasteiger partial charge >= 0.3 is 0 Å². The van der Waals surface area contributed by atoms with Crippen LogP contribution in [0.2, 0.25) is 5.15 Å². The van der Waals surface area contributed by atoms with Crippen LogP contribution in [0.3, 0.4) is 0 Å². The van der Waals surface area contributed by atoms with Gasteiger partial charge in [0.15, 0.2) is 5.49 Å². The minimum absolute atomic E-state index is 0.125. The van der Waals surface area contributed by atoms with Crippen LogP contribution in [0.25, 0.3) is 0 Å². The Balaban J connectivity index is 2.47. The Hall–Kier alpha value is -1.66. The van der Waals surface area contributed by atoms with Crippen molar-refractivity contribution in [2.24, 2.45) is 4.40 Å². The first-order chi connectivity index (χ1) is 8.47. The molecule has 1 aromatic carbocycles. The summed E-state index contributed by atoms with van der Waals surface area (Å²) in [5.74, 6) is 0. The molecule has 1 heterocycles. The number of nitrogens with one attached hydrogen (secondary N) is 1. The SMILES string of the molecule is Cc1ccc(S(=O)(=O)/N=c2\ccc(Cl)n[nH]2)cc1. The molecule has 94 valence electrons. The lowest BCUT2D eigenvalue weighted by molar-refractivity contribution is 0.596. The third kappa shape index (κ3) is 2.96. The largest absolute Gasteiger partial charge is 0.284 e. The van der Waals surface area contributed by atoms with Crippen LogP contribution >= 0.6 is 11.6 Å². The molecule has 0 radical (unpaired) electrons. The van der Waals surface area contributed by atoms with Gasteiger partial charge in [-0.25, -0.2) is 0 Å². The minimum atomic E-state index is -3.73. The van der Waals surface area contributed by atoms with Crippen molar-refractivity contribution in [2.45, 2.75) is 11.8 Å². The zero-order valence-electron chi connectivity index (χ0n) is 9.46. The molecule has 7 heteroatoms. The molecule has 2 aromatic rings. The van der Waals surface area contributed by atoms with Crippen molar-refractivity contribution in [3.8, 4) is 0 Å². The molecule has 0 aliphatic heterocycles. The van der Waals surface area contributed by atoms with Crippen LogP contribution in [-0.4, -0.2) is 18.6 Å². The molecule has 0 amide bonds. The lowest BCUT2D eigenvalue weighted by Crippen LogP contribution is -2.12. The highest BCUT2D eigenvalue weighted by molar-refractivity contribution is 7.90. The number of aryl methyl sites for hydroxylation is 1. The third-order valence-corrected chi connectivity index (χ3v) is 3.71. The van der Waals surface area contributed by atoms with E-state index in [1.54, 1.807) is 12.1 Å². The topological polar surface area (TPSA) is 75.2 Å². The van der Waals surface area contributed by atoms with Crippen molar-refractivity contribution in [1.29, 1.82) is 0 Å². The van der Waals surface area contributed by atoms with Gasteiger partial charge in [0.05, 0.1) is 4.90 Å². The number of halogens is 1. The van der Waals surface area contributed by atoms with E-state index in [4.69, 9.17) is 11.6 Å². The fourth-order valence-electron chi connectivity index (χ4n) is 1.28. The van der Waals surface area contributed by atoms with E-state index in [2.05, 4.69) is 14.6 Å². The molecule has 18 heavy (non-hydrogen) atoms. The van der Waals surface area contributed by atoms with Gasteiger partial charge in [0, 0.05) is 0 Å². The molecular weight excluding hydrogens is 274 g/mol. The van der Waals surface area contributed by atoms with Gasteiger partial charge in [0.25, 0.3) is 10.0 Å². The number of hydrogen-bond donors (Lipinski definition) is 1. The first-order valence-corrected chi connectivity index (χ1v) is 6.88. The zero-order chi connectivity index (χ0) is 13.2. The highest BCUT2D eigenvalue weighted by Gasteiger charge is 2.11. The second kappa shape index (κ2) is 4.91. The maximum atomic E-state index is 12.0. The highest BCUT2D eigenvalue weighted by atomic mass is 35.5. The molecular formula is C11H10ClN3O2S. The smallest absolute Gasteiger partial charge is 0.259 e. The van der Waals surface area contributed by atoms with Gasteiger partial charge in [0.1, 0.15) is 5.15 Å². The fourth-order valence-corrected chi connectivity index (χ4v) is 2.33. The van der Waals surface area contributed by atoms with Gasteiger partial charge in [-0.3, -0.25) is 5.10 Å². The Morgan fingerprint density at radius 2 is 1.83 bits per heavy atom. The van der Waals surface area contributed by atoms with Crippen LogP contribution in [0, 0.1) is 6.92 Å². The number of hydrogen-bond acceptors (Lipinski definition) is 3. The van der Waals surface area contributed by atoms with E-state index >= 15 is 0 Å². The Bertz CT molecular complexity index is 700. The summed E-state index contributed by atoms with van der Waals surface area (Å²) in [4.78, 5) is 0.136. The van der Waals surface area contributed by atoms with Crippen LogP contribution in [0.15, 0.2) is 45.7 Å². The highest BCUT2D eigenvalue weighted by Crippen LogP contribution is 2.12. The van der Waals surface area contributed by atoms with Crippen LogP contribution in [0.1, 0.15) is 5.56 Å². The summed E-state index contributed by atoms with van der Waals surface area (Å²) >= 11 is 5.58. The molecule has 1 aromatic heterocycles. The second-order valence-corrected chi connectivity index (χ2v) is 5.64. The lowest BCUT2D eigenvalue weighted by Gasteiger charge is -1.98. The van der Waals surface area contributed by atoms with Crippen LogP contribution in [-0.2, 0) is 10.0 Å². The Morgan fingerprint density at radius 1 is 1.17 bits per heavy atom. The predicted octanol–water partition coefficient (Wildman–Crippen LogP) is 1.66. The predicted molar refractivity (Wildman–Crippen MR) is 67.5 cm³/mol. The van der Waals surface area contributed by atoms with E-state index < -0.39 is 10.0 Å². The Kier molecular flexibility index (Phi) is 3.49. The fraction of sp³-hybridized carbons (Fsp3) is 0.0909. The summed E-state index contributed by atoms with van der Waals surface area (Å²) in [6, 6.07) is 9.36. The summed E-state index contributed by atoms with van der Waals surface area (Å²) < 4.78 is 27.5. The standard InChI is InChI=1S/C11H10ClN3O2S/c1-8-2-4-9(5-3-8)18(16,17)15-11-7-6-10(12)13-14-11/h2-7H,1H3,(H,14,15). The molecule has 0 saturated heterocycles. The molecule has 0 atom stereocenters. The van der Waals surface area contributed by atoms with Crippen molar-refractivity contribution in [2.75, 3.05) is 0 Å². The average molecular weight is 284 g/mol. The van der Waals surface area contributed by atoms with Gasteiger partial charge in [-0.2, -0.15) is 13.5 Å². The summed E-state index contributed by atoms with van der Waals surface area (Å²) in [7, 11) is -3.73. The van der Waals surface area contributed by atoms with Gasteiger partial charge in [-0.15, -0.1) is 4.40 Å². The minimum Gasteiger partial charge on any atom is -0.259 e. The maximum Gasteiger partial charge on any atom is 0.284 e. The van der Waals surface area contributed by atoms with Crippen molar-refractivity contribution >= 4 is 21.6 Å². The Labute approximate surface area is 109 Å². The number of H-pyrrole nitrogens is 1. The number of aromatic nitrogens is 2. The molecule has 0 aliphatic carbocycles. The summed E-state index contributed by atoms with van der Waals surface area (Å²) in [6.07, 6.45) is 0. The summed E-state index contributed by atoms with van der Waals surface area (Å²) in [5, 5.41) is 6.34. The molecule has 0 spiro atoms. The third-order valence-electron chi connectivity index (χ3n) is 2.19. The number of nitrogens with zero attached hydrogens (tertiary/aromatic N) is 2. The second-order valence-electron chi connectivity index (χ2n) is 3.64. The number of aromatic amines is 1. The summed E-state index contributed by atoms with van der Waals surface area (Å²) in [6.45, 7) is 1.88. The lowest BCUT2D eigenvalue weighted by atomic mass is 10.2. The molecule has 0 fully saturated rings. The zero-order valence-corrected chi connectivity index (χ0v) is 11.0. The van der Waals surface area contributed by atoms with E-state index in [0.29, 0.717) is 0 Å². The molecule has 0 saturated carbocycles. The van der Waals surface area contributed by atoms with Crippen LogP contribution in [0.4, 0.5) is 0 Å². The van der Waals surface area contributed by atoms with E-state index in [0.717, 1.165) is 5.56 Å². The first-order valence-electron chi connectivity index (χ1n) is 5.06. The maximum absolute atomic E-state index is 12.0. The first kappa shape index (κ1) is 12.8. The van der Waals surface area contributed by atoms with Crippen LogP contribution < -0.4 is 5.49 Å². The van der Waals surface area contributed by atoms with Crippen molar-refractivity contribution in [3.63, 3.8) is 0 Å². The quantitative estimate of drug-likeness (QED) is 0.911. The van der Waals surface area contributed by atoms with Crippen molar-refractivity contribution in [3.05, 3.63) is 52.6 Å². The molecule has 5 nitrogen and oxygen atoms in total. The molecule has 0 bridgehead atoms. The van der Waals surface area contributed by atoms with E-state index in [1.807, 2.05) is 6.92 Å². The van der Waals surface area contributed by atoms with E-state index in [1.165, 1.54) is 24.3 Å². The van der Waals surface area contributed by atoms with Gasteiger partial charge in [-0.05, 0) is 31.2 Å². The number of benzene rings is 1. The van der Waals surface area contributed by atoms with Crippen molar-refractivity contribution < 1.29 is 8.42 Å². The molecule has 0 aliphatic rings. The molecule has 0 unspecified atom stereocenters. The van der Waals surface area contributed by atoms with Crippen LogP contribution in [0.5, 0.6) is 0 Å². The molecule has 1 N–H and O–H groups in total. The molecule has 2 rings (SSSR count). The monoisotopic (exact) mass is 283 g/mol. The van der Waals surface area contributed by atoms with E-state index in [9.17, 15) is 8.42 Å². The van der Waals surface area contributed by atoms with Crippen molar-refractivity contribution in [1.82, 2.24) is 10.2 Å². The number of sulfonamides is 1. The Morgan fingerprint density at radius 3 is 2.39 bits per heavy atom.